The van der Waals surface area contributed by atoms with Crippen molar-refractivity contribution in [3.8, 4) is 17.2 Å². The van der Waals surface area contributed by atoms with Crippen molar-refractivity contribution in [2.75, 3.05) is 39.4 Å². The molecular formula is C22H25N3O4. The molecule has 1 fully saturated rings. The zero-order valence-corrected chi connectivity index (χ0v) is 17.1. The first-order chi connectivity index (χ1) is 14.1. The molecule has 1 aliphatic heterocycles. The highest BCUT2D eigenvalue weighted by Gasteiger charge is 2.29. The second kappa shape index (κ2) is 8.13. The van der Waals surface area contributed by atoms with E-state index in [1.54, 1.807) is 27.5 Å². The highest BCUT2D eigenvalue weighted by Crippen LogP contribution is 2.37. The number of rotatable bonds is 5. The zero-order valence-electron chi connectivity index (χ0n) is 17.1. The summed E-state index contributed by atoms with van der Waals surface area (Å²) in [6, 6.07) is 12.0. The third kappa shape index (κ3) is 3.65. The second-order valence-electron chi connectivity index (χ2n) is 7.05. The van der Waals surface area contributed by atoms with Gasteiger partial charge in [-0.1, -0.05) is 12.1 Å². The molecule has 1 aromatic heterocycles. The van der Waals surface area contributed by atoms with Gasteiger partial charge in [0.15, 0.2) is 11.5 Å². The van der Waals surface area contributed by atoms with Crippen molar-refractivity contribution in [2.45, 2.75) is 19.1 Å². The van der Waals surface area contributed by atoms with E-state index in [0.29, 0.717) is 24.7 Å². The number of ether oxygens (including phenoxy) is 4. The average Bonchev–Trinajstić information content (AvgIpc) is 2.78. The van der Waals surface area contributed by atoms with E-state index in [1.165, 1.54) is 0 Å². The monoisotopic (exact) mass is 395 g/mol. The fraction of sp³-hybridized carbons (Fsp3) is 0.364. The first-order valence-electron chi connectivity index (χ1n) is 9.54. The molecule has 152 valence electrons. The third-order valence-electron chi connectivity index (χ3n) is 5.35. The summed E-state index contributed by atoms with van der Waals surface area (Å²) in [5, 5.41) is 9.49. The molecule has 2 unspecified atom stereocenters. The minimum Gasteiger partial charge on any atom is -0.497 e. The van der Waals surface area contributed by atoms with E-state index >= 15 is 0 Å². The Bertz CT molecular complexity index is 993. The first kappa shape index (κ1) is 19.3. The lowest BCUT2D eigenvalue weighted by molar-refractivity contribution is 0.0216. The number of hydrogen-bond acceptors (Lipinski definition) is 7. The summed E-state index contributed by atoms with van der Waals surface area (Å²) in [5.41, 5.74) is 2.89. The van der Waals surface area contributed by atoms with Gasteiger partial charge in [0, 0.05) is 24.0 Å². The molecule has 0 saturated carbocycles. The minimum atomic E-state index is -0.0412. The van der Waals surface area contributed by atoms with Crippen molar-refractivity contribution in [2.24, 2.45) is 0 Å². The van der Waals surface area contributed by atoms with Crippen LogP contribution in [0.1, 0.15) is 18.6 Å². The van der Waals surface area contributed by atoms with Crippen molar-refractivity contribution in [3.05, 3.63) is 48.2 Å². The Kier molecular flexibility index (Phi) is 5.40. The van der Waals surface area contributed by atoms with Crippen LogP contribution in [0.4, 0.5) is 5.69 Å². The molecule has 2 atom stereocenters. The summed E-state index contributed by atoms with van der Waals surface area (Å²) < 4.78 is 22.3. The lowest BCUT2D eigenvalue weighted by Crippen LogP contribution is -2.45. The van der Waals surface area contributed by atoms with Gasteiger partial charge in [-0.05, 0) is 30.7 Å². The van der Waals surface area contributed by atoms with Gasteiger partial charge in [0.2, 0.25) is 0 Å². The molecule has 0 aliphatic carbocycles. The Balaban J connectivity index is 1.71. The predicted molar refractivity (Wildman–Crippen MR) is 111 cm³/mol. The van der Waals surface area contributed by atoms with Gasteiger partial charge >= 0.3 is 0 Å². The number of methoxy groups -OCH3 is 3. The Morgan fingerprint density at radius 3 is 2.41 bits per heavy atom. The van der Waals surface area contributed by atoms with Crippen molar-refractivity contribution in [1.29, 1.82) is 0 Å². The smallest absolute Gasteiger partial charge is 0.162 e. The minimum absolute atomic E-state index is 0.0412. The van der Waals surface area contributed by atoms with Crippen LogP contribution in [0.5, 0.6) is 17.2 Å². The Hall–Kier alpha value is -3.06. The van der Waals surface area contributed by atoms with Gasteiger partial charge in [-0.3, -0.25) is 0 Å². The number of morpholine rings is 1. The fourth-order valence-electron chi connectivity index (χ4n) is 3.71. The van der Waals surface area contributed by atoms with E-state index in [2.05, 4.69) is 34.2 Å². The standard InChI is InChI=1S/C22H25N3O4/c1-14-13-29-22(15-5-7-16(26-2)8-6-15)12-25(14)19-11-23-24-18-10-21(28-4)20(27-3)9-17(18)19/h5-11,14,22H,12-13H2,1-4H3. The number of benzene rings is 2. The summed E-state index contributed by atoms with van der Waals surface area (Å²) in [6.07, 6.45) is 1.77. The molecule has 0 bridgehead atoms. The van der Waals surface area contributed by atoms with Gasteiger partial charge in [0.05, 0.1) is 45.3 Å². The third-order valence-corrected chi connectivity index (χ3v) is 5.35. The van der Waals surface area contributed by atoms with E-state index in [4.69, 9.17) is 18.9 Å². The maximum atomic E-state index is 6.13. The lowest BCUT2D eigenvalue weighted by atomic mass is 10.0. The van der Waals surface area contributed by atoms with E-state index in [-0.39, 0.29) is 12.1 Å². The first-order valence-corrected chi connectivity index (χ1v) is 9.54. The van der Waals surface area contributed by atoms with E-state index in [9.17, 15) is 0 Å². The average molecular weight is 395 g/mol. The SMILES string of the molecule is COc1ccc(C2CN(c3cnnc4cc(OC)c(OC)cc34)C(C)CO2)cc1. The molecule has 2 aromatic carbocycles. The van der Waals surface area contributed by atoms with Gasteiger partial charge in [0.25, 0.3) is 0 Å². The summed E-state index contributed by atoms with van der Waals surface area (Å²) in [5.74, 6) is 2.14. The van der Waals surface area contributed by atoms with Crippen LogP contribution >= 0.6 is 0 Å². The maximum Gasteiger partial charge on any atom is 0.162 e. The molecule has 7 heteroatoms. The fourth-order valence-corrected chi connectivity index (χ4v) is 3.71. The summed E-state index contributed by atoms with van der Waals surface area (Å²) in [7, 11) is 4.92. The maximum absolute atomic E-state index is 6.13. The number of nitrogens with zero attached hydrogens (tertiary/aromatic N) is 3. The molecule has 1 aliphatic rings. The molecule has 3 aromatic rings. The largest absolute Gasteiger partial charge is 0.497 e. The van der Waals surface area contributed by atoms with Gasteiger partial charge < -0.3 is 23.8 Å². The Morgan fingerprint density at radius 2 is 1.72 bits per heavy atom. The van der Waals surface area contributed by atoms with Crippen LogP contribution in [0, 0.1) is 0 Å². The van der Waals surface area contributed by atoms with Crippen molar-refractivity contribution >= 4 is 16.6 Å². The number of aromatic nitrogens is 2. The van der Waals surface area contributed by atoms with Crippen LogP contribution < -0.4 is 19.1 Å². The van der Waals surface area contributed by atoms with Crippen LogP contribution in [0.25, 0.3) is 10.9 Å². The zero-order chi connectivity index (χ0) is 20.4. The number of fused-ring (bicyclic) bond motifs is 1. The van der Waals surface area contributed by atoms with E-state index < -0.39 is 0 Å². The van der Waals surface area contributed by atoms with Crippen molar-refractivity contribution in [1.82, 2.24) is 10.2 Å². The molecule has 29 heavy (non-hydrogen) atoms. The summed E-state index contributed by atoms with van der Waals surface area (Å²) >= 11 is 0. The molecule has 2 heterocycles. The highest BCUT2D eigenvalue weighted by atomic mass is 16.5. The normalized spacial score (nSPS) is 19.2. The van der Waals surface area contributed by atoms with E-state index in [1.807, 2.05) is 24.3 Å². The van der Waals surface area contributed by atoms with Crippen LogP contribution in [-0.2, 0) is 4.74 Å². The summed E-state index contributed by atoms with van der Waals surface area (Å²) in [4.78, 5) is 2.32. The molecule has 0 amide bonds. The number of hydrogen-bond donors (Lipinski definition) is 0. The summed E-state index contributed by atoms with van der Waals surface area (Å²) in [6.45, 7) is 3.48. The van der Waals surface area contributed by atoms with Gasteiger partial charge in [-0.2, -0.15) is 10.2 Å². The van der Waals surface area contributed by atoms with Gasteiger partial charge in [-0.15, -0.1) is 0 Å². The molecule has 7 nitrogen and oxygen atoms in total. The lowest BCUT2D eigenvalue weighted by Gasteiger charge is -2.40. The Morgan fingerprint density at radius 1 is 1.00 bits per heavy atom. The Labute approximate surface area is 170 Å². The molecule has 1 saturated heterocycles. The highest BCUT2D eigenvalue weighted by molar-refractivity contribution is 5.93. The molecule has 0 N–H and O–H groups in total. The van der Waals surface area contributed by atoms with Gasteiger partial charge in [0.1, 0.15) is 11.9 Å². The molecule has 0 radical (unpaired) electrons. The quantitative estimate of drug-likeness (QED) is 0.654. The second-order valence-corrected chi connectivity index (χ2v) is 7.05. The van der Waals surface area contributed by atoms with Crippen LogP contribution in [-0.4, -0.2) is 50.7 Å². The molecular weight excluding hydrogens is 370 g/mol. The van der Waals surface area contributed by atoms with Crippen LogP contribution in [0.2, 0.25) is 0 Å². The van der Waals surface area contributed by atoms with Crippen LogP contribution in [0.15, 0.2) is 42.6 Å². The molecule has 0 spiro atoms. The topological polar surface area (TPSA) is 65.9 Å². The van der Waals surface area contributed by atoms with Crippen molar-refractivity contribution < 1.29 is 18.9 Å². The molecule has 4 rings (SSSR count). The van der Waals surface area contributed by atoms with Crippen molar-refractivity contribution in [3.63, 3.8) is 0 Å². The number of anilines is 1. The van der Waals surface area contributed by atoms with Crippen LogP contribution in [0.3, 0.4) is 0 Å². The predicted octanol–water partition coefficient (Wildman–Crippen LogP) is 3.62. The van der Waals surface area contributed by atoms with E-state index in [0.717, 1.165) is 27.9 Å². The van der Waals surface area contributed by atoms with Gasteiger partial charge in [-0.25, -0.2) is 0 Å².